The molecule has 4 aliphatic heterocycles. The molecule has 5 aliphatic rings. The van der Waals surface area contributed by atoms with Gasteiger partial charge in [-0.3, -0.25) is 9.80 Å². The molecule has 2 bridgehead atoms. The van der Waals surface area contributed by atoms with E-state index in [0.29, 0.717) is 56.7 Å². The molecule has 6 heterocycles. The van der Waals surface area contributed by atoms with Gasteiger partial charge in [0.1, 0.15) is 24.1 Å². The number of amides is 1. The molecule has 1 aliphatic carbocycles. The van der Waals surface area contributed by atoms with Crippen molar-refractivity contribution in [2.24, 2.45) is 0 Å². The summed E-state index contributed by atoms with van der Waals surface area (Å²) in [5.74, 6) is -0.353. The zero-order valence-corrected chi connectivity index (χ0v) is 22.2. The van der Waals surface area contributed by atoms with Gasteiger partial charge in [-0.15, -0.1) is 0 Å². The fourth-order valence-corrected chi connectivity index (χ4v) is 7.38. The molecule has 2 aromatic heterocycles. The zero-order valence-electron chi connectivity index (χ0n) is 21.5. The normalized spacial score (nSPS) is 32.3. The summed E-state index contributed by atoms with van der Waals surface area (Å²) >= 11 is 6.02. The number of halogens is 3. The van der Waals surface area contributed by atoms with E-state index in [0.717, 1.165) is 32.2 Å². The second-order valence-corrected chi connectivity index (χ2v) is 12.1. The van der Waals surface area contributed by atoms with E-state index in [1.54, 1.807) is 4.90 Å². The first-order valence-electron chi connectivity index (χ1n) is 13.7. The number of hydrogen-bond acceptors (Lipinski definition) is 8. The standard InChI is InChI=1S/C26H31ClF2N6O4/c27-21-19(29)20-18(9-30-21)22(32-23(31-20)39-13-25-5-1-7-34(25)10-15(28)8-25)33-11-16-4-6-26(12-33,35(16)24(36)37)14-38-17-2-3-17/h9,15-17H,1-8,10-14H2,(H,36,37)/t15-,16+,25+,26-/m1/s1. The highest BCUT2D eigenvalue weighted by Gasteiger charge is 2.55. The van der Waals surface area contributed by atoms with Crippen LogP contribution in [0.5, 0.6) is 6.01 Å². The van der Waals surface area contributed by atoms with Crippen LogP contribution in [0.1, 0.15) is 44.9 Å². The van der Waals surface area contributed by atoms with Gasteiger partial charge in [0.15, 0.2) is 11.0 Å². The number of ether oxygens (including phenoxy) is 2. The van der Waals surface area contributed by atoms with Gasteiger partial charge < -0.3 is 19.5 Å². The number of piperazine rings is 1. The van der Waals surface area contributed by atoms with E-state index in [1.165, 1.54) is 6.20 Å². The Morgan fingerprint density at radius 2 is 2.03 bits per heavy atom. The molecule has 0 unspecified atom stereocenters. The molecule has 0 radical (unpaired) electrons. The van der Waals surface area contributed by atoms with Crippen LogP contribution < -0.4 is 9.64 Å². The van der Waals surface area contributed by atoms with Gasteiger partial charge in [-0.2, -0.15) is 9.97 Å². The highest BCUT2D eigenvalue weighted by Crippen LogP contribution is 2.44. The van der Waals surface area contributed by atoms with Crippen LogP contribution in [0, 0.1) is 5.82 Å². The SMILES string of the molecule is O=C(O)N1[C@H]2CC[C@]1(COC1CC1)CN(c1nc(OC[C@@]34CCCN3C[C@H](F)C4)nc3c(F)c(Cl)ncc13)C2. The van der Waals surface area contributed by atoms with Crippen LogP contribution in [0.15, 0.2) is 6.20 Å². The smallest absolute Gasteiger partial charge is 0.408 e. The van der Waals surface area contributed by atoms with Gasteiger partial charge in [0.2, 0.25) is 0 Å². The molecule has 1 N–H and O–H groups in total. The van der Waals surface area contributed by atoms with Crippen LogP contribution in [-0.4, -0.2) is 105 Å². The molecule has 2 aromatic rings. The van der Waals surface area contributed by atoms with Gasteiger partial charge in [-0.05, 0) is 45.1 Å². The summed E-state index contributed by atoms with van der Waals surface area (Å²) in [4.78, 5) is 31.0. The molecule has 4 atom stereocenters. The molecule has 10 nitrogen and oxygen atoms in total. The number of hydrogen-bond donors (Lipinski definition) is 1. The van der Waals surface area contributed by atoms with Gasteiger partial charge in [0.05, 0.1) is 35.2 Å². The summed E-state index contributed by atoms with van der Waals surface area (Å²) < 4.78 is 41.7. The summed E-state index contributed by atoms with van der Waals surface area (Å²) in [7, 11) is 0. The monoisotopic (exact) mass is 564 g/mol. The molecule has 0 aromatic carbocycles. The van der Waals surface area contributed by atoms with E-state index in [1.807, 2.05) is 4.90 Å². The Morgan fingerprint density at radius 3 is 2.82 bits per heavy atom. The average Bonchev–Trinajstić information content (AvgIpc) is 3.52. The third-order valence-corrected chi connectivity index (χ3v) is 9.45. The molecule has 5 fully saturated rings. The molecule has 13 heteroatoms. The van der Waals surface area contributed by atoms with Gasteiger partial charge in [0, 0.05) is 32.3 Å². The Balaban J connectivity index is 1.24. The summed E-state index contributed by atoms with van der Waals surface area (Å²) in [6.07, 6.45) is 5.28. The predicted molar refractivity (Wildman–Crippen MR) is 138 cm³/mol. The van der Waals surface area contributed by atoms with Crippen LogP contribution in [0.3, 0.4) is 0 Å². The minimum Gasteiger partial charge on any atom is -0.465 e. The molecule has 0 spiro atoms. The molecular formula is C26H31ClF2N6O4. The highest BCUT2D eigenvalue weighted by atomic mass is 35.5. The van der Waals surface area contributed by atoms with Crippen LogP contribution >= 0.6 is 11.6 Å². The maximum atomic E-state index is 15.2. The van der Waals surface area contributed by atoms with Crippen molar-refractivity contribution in [3.05, 3.63) is 17.2 Å². The predicted octanol–water partition coefficient (Wildman–Crippen LogP) is 3.65. The Morgan fingerprint density at radius 1 is 1.18 bits per heavy atom. The van der Waals surface area contributed by atoms with Crippen molar-refractivity contribution < 1.29 is 28.2 Å². The number of fused-ring (bicyclic) bond motifs is 4. The number of carboxylic acid groups (broad SMARTS) is 1. The maximum Gasteiger partial charge on any atom is 0.408 e. The number of anilines is 1. The zero-order chi connectivity index (χ0) is 26.9. The first-order valence-corrected chi connectivity index (χ1v) is 14.1. The van der Waals surface area contributed by atoms with Crippen LogP contribution in [-0.2, 0) is 4.74 Å². The van der Waals surface area contributed by atoms with Crippen molar-refractivity contribution in [2.45, 2.75) is 74.3 Å². The van der Waals surface area contributed by atoms with Gasteiger partial charge in [0.25, 0.3) is 0 Å². The number of pyridine rings is 1. The van der Waals surface area contributed by atoms with Gasteiger partial charge in [-0.25, -0.2) is 18.6 Å². The Labute approximate surface area is 229 Å². The van der Waals surface area contributed by atoms with Gasteiger partial charge in [-0.1, -0.05) is 11.6 Å². The largest absolute Gasteiger partial charge is 0.465 e. The molecule has 1 amide bonds. The Kier molecular flexibility index (Phi) is 6.02. The third-order valence-electron chi connectivity index (χ3n) is 9.19. The van der Waals surface area contributed by atoms with Crippen LogP contribution in [0.25, 0.3) is 10.9 Å². The average molecular weight is 565 g/mol. The molecule has 210 valence electrons. The van der Waals surface area contributed by atoms with Crippen molar-refractivity contribution in [1.29, 1.82) is 0 Å². The lowest BCUT2D eigenvalue weighted by Crippen LogP contribution is -2.65. The number of aromatic nitrogens is 3. The summed E-state index contributed by atoms with van der Waals surface area (Å²) in [5.41, 5.74) is -1.16. The molecule has 1 saturated carbocycles. The topological polar surface area (TPSA) is 104 Å². The van der Waals surface area contributed by atoms with Crippen molar-refractivity contribution >= 4 is 34.4 Å². The molecule has 7 rings (SSSR count). The van der Waals surface area contributed by atoms with Crippen molar-refractivity contribution in [3.8, 4) is 6.01 Å². The summed E-state index contributed by atoms with van der Waals surface area (Å²) in [6.45, 7) is 2.43. The van der Waals surface area contributed by atoms with E-state index >= 15 is 4.39 Å². The lowest BCUT2D eigenvalue weighted by atomic mass is 9.95. The van der Waals surface area contributed by atoms with Crippen LogP contribution in [0.2, 0.25) is 5.15 Å². The number of carbonyl (C=O) groups is 1. The van der Waals surface area contributed by atoms with E-state index in [9.17, 15) is 14.3 Å². The van der Waals surface area contributed by atoms with Gasteiger partial charge >= 0.3 is 12.1 Å². The van der Waals surface area contributed by atoms with Crippen molar-refractivity contribution in [1.82, 2.24) is 24.8 Å². The fourth-order valence-electron chi connectivity index (χ4n) is 7.24. The van der Waals surface area contributed by atoms with Crippen molar-refractivity contribution in [3.63, 3.8) is 0 Å². The first-order chi connectivity index (χ1) is 18.8. The second-order valence-electron chi connectivity index (χ2n) is 11.8. The van der Waals surface area contributed by atoms with Crippen molar-refractivity contribution in [2.75, 3.05) is 44.3 Å². The molecule has 39 heavy (non-hydrogen) atoms. The Bertz CT molecular complexity index is 1320. The lowest BCUT2D eigenvalue weighted by molar-refractivity contribution is -0.00518. The highest BCUT2D eigenvalue weighted by molar-refractivity contribution is 6.30. The second kappa shape index (κ2) is 9.24. The quantitative estimate of drug-likeness (QED) is 0.505. The molecular weight excluding hydrogens is 534 g/mol. The van der Waals surface area contributed by atoms with E-state index in [-0.39, 0.29) is 35.4 Å². The van der Waals surface area contributed by atoms with Crippen LogP contribution in [0.4, 0.5) is 19.4 Å². The Hall–Kier alpha value is -2.57. The lowest BCUT2D eigenvalue weighted by Gasteiger charge is -2.48. The summed E-state index contributed by atoms with van der Waals surface area (Å²) in [5, 5.41) is 10.1. The number of nitrogens with zero attached hydrogens (tertiary/aromatic N) is 6. The first kappa shape index (κ1) is 25.4. The number of rotatable bonds is 7. The van der Waals surface area contributed by atoms with E-state index in [4.69, 9.17) is 26.1 Å². The van der Waals surface area contributed by atoms with E-state index < -0.39 is 29.2 Å². The van der Waals surface area contributed by atoms with E-state index in [2.05, 4.69) is 14.9 Å². The fraction of sp³-hybridized carbons (Fsp3) is 0.692. The third kappa shape index (κ3) is 4.26. The minimum absolute atomic E-state index is 0.0122. The number of alkyl halides is 1. The summed E-state index contributed by atoms with van der Waals surface area (Å²) in [6, 6.07) is -0.275. The molecule has 4 saturated heterocycles. The minimum atomic E-state index is -0.962. The maximum absolute atomic E-state index is 15.2.